The van der Waals surface area contributed by atoms with Crippen molar-refractivity contribution in [3.8, 4) is 11.1 Å². The highest BCUT2D eigenvalue weighted by molar-refractivity contribution is 5.99. The van der Waals surface area contributed by atoms with Gasteiger partial charge in [-0.15, -0.1) is 0 Å². The summed E-state index contributed by atoms with van der Waals surface area (Å²) in [5, 5.41) is 6.40. The van der Waals surface area contributed by atoms with E-state index in [4.69, 9.17) is 0 Å². The Morgan fingerprint density at radius 3 is 2.23 bits per heavy atom. The van der Waals surface area contributed by atoms with Crippen LogP contribution in [0.2, 0.25) is 0 Å². The van der Waals surface area contributed by atoms with Crippen LogP contribution in [0.5, 0.6) is 0 Å². The second-order valence-corrected chi connectivity index (χ2v) is 7.86. The number of para-hydroxylation sites is 1. The molecule has 2 N–H and O–H groups in total. The second-order valence-electron chi connectivity index (χ2n) is 7.86. The predicted molar refractivity (Wildman–Crippen MR) is 126 cm³/mol. The van der Waals surface area contributed by atoms with Gasteiger partial charge in [-0.05, 0) is 62.1 Å². The van der Waals surface area contributed by atoms with Gasteiger partial charge in [0.25, 0.3) is 0 Å². The van der Waals surface area contributed by atoms with Gasteiger partial charge < -0.3 is 15.5 Å². The van der Waals surface area contributed by atoms with Crippen LogP contribution in [0, 0.1) is 0 Å². The van der Waals surface area contributed by atoms with E-state index in [1.807, 2.05) is 49.4 Å². The zero-order chi connectivity index (χ0) is 20.8. The van der Waals surface area contributed by atoms with Gasteiger partial charge in [0.05, 0.1) is 0 Å². The highest BCUT2D eigenvalue weighted by atomic mass is 16.2. The lowest BCUT2D eigenvalue weighted by molar-refractivity contribution is -0.116. The van der Waals surface area contributed by atoms with Crippen molar-refractivity contribution in [2.24, 2.45) is 0 Å². The summed E-state index contributed by atoms with van der Waals surface area (Å²) in [4.78, 5) is 15.3. The Kier molecular flexibility index (Phi) is 6.33. The van der Waals surface area contributed by atoms with Gasteiger partial charge in [-0.1, -0.05) is 48.5 Å². The molecule has 4 rings (SSSR count). The number of nitrogens with zero attached hydrogens (tertiary/aromatic N) is 1. The van der Waals surface area contributed by atoms with E-state index in [1.54, 1.807) is 0 Å². The Morgan fingerprint density at radius 1 is 0.833 bits per heavy atom. The van der Waals surface area contributed by atoms with Crippen molar-refractivity contribution >= 4 is 23.0 Å². The molecule has 1 atom stereocenters. The van der Waals surface area contributed by atoms with Crippen LogP contribution in [0.4, 0.5) is 17.1 Å². The number of anilines is 3. The molecule has 1 aliphatic heterocycles. The highest BCUT2D eigenvalue weighted by Gasteiger charge is 2.16. The van der Waals surface area contributed by atoms with Crippen molar-refractivity contribution in [1.29, 1.82) is 0 Å². The van der Waals surface area contributed by atoms with E-state index in [0.29, 0.717) is 0 Å². The fourth-order valence-corrected chi connectivity index (χ4v) is 3.94. The van der Waals surface area contributed by atoms with Crippen molar-refractivity contribution in [3.63, 3.8) is 0 Å². The summed E-state index contributed by atoms with van der Waals surface area (Å²) in [7, 11) is 0. The van der Waals surface area contributed by atoms with Crippen LogP contribution in [0.15, 0.2) is 78.9 Å². The summed E-state index contributed by atoms with van der Waals surface area (Å²) < 4.78 is 0. The summed E-state index contributed by atoms with van der Waals surface area (Å²) in [5.74, 6) is -0.0570. The van der Waals surface area contributed by atoms with Crippen molar-refractivity contribution in [1.82, 2.24) is 0 Å². The molecule has 0 aromatic heterocycles. The van der Waals surface area contributed by atoms with Gasteiger partial charge in [0.2, 0.25) is 5.91 Å². The van der Waals surface area contributed by atoms with E-state index in [0.717, 1.165) is 35.6 Å². The van der Waals surface area contributed by atoms with Gasteiger partial charge >= 0.3 is 0 Å². The maximum absolute atomic E-state index is 12.8. The van der Waals surface area contributed by atoms with Gasteiger partial charge in [-0.25, -0.2) is 0 Å². The Balaban J connectivity index is 1.40. The van der Waals surface area contributed by atoms with Gasteiger partial charge in [0, 0.05) is 35.7 Å². The van der Waals surface area contributed by atoms with Gasteiger partial charge in [0.1, 0.15) is 6.04 Å². The molecule has 0 saturated carbocycles. The average Bonchev–Trinajstić information content (AvgIpc) is 2.81. The number of hydrogen-bond acceptors (Lipinski definition) is 3. The largest absolute Gasteiger partial charge is 0.374 e. The standard InChI is InChI=1S/C26H29N3O/c1-20(27-22-14-16-23(17-15-22)29-18-8-3-9-19-29)26(30)28-25-13-7-6-12-24(25)21-10-4-2-5-11-21/h2,4-7,10-17,20,27H,3,8-9,18-19H2,1H3,(H,28,30). The minimum atomic E-state index is -0.352. The first kappa shape index (κ1) is 20.0. The third kappa shape index (κ3) is 4.82. The number of carbonyl (C=O) groups excluding carboxylic acids is 1. The molecule has 0 bridgehead atoms. The Morgan fingerprint density at radius 2 is 1.50 bits per heavy atom. The molecule has 0 spiro atoms. The molecular weight excluding hydrogens is 370 g/mol. The number of benzene rings is 3. The van der Waals surface area contributed by atoms with Crippen LogP contribution in [0.1, 0.15) is 26.2 Å². The van der Waals surface area contributed by atoms with E-state index in [2.05, 4.69) is 51.9 Å². The molecule has 1 fully saturated rings. The van der Waals surface area contributed by atoms with Crippen LogP contribution in [-0.2, 0) is 4.79 Å². The summed E-state index contributed by atoms with van der Waals surface area (Å²) in [6, 6.07) is 26.1. The SMILES string of the molecule is CC(Nc1ccc(N2CCCCC2)cc1)C(=O)Nc1ccccc1-c1ccccc1. The molecule has 0 aliphatic carbocycles. The van der Waals surface area contributed by atoms with Crippen LogP contribution in [0.25, 0.3) is 11.1 Å². The fraction of sp³-hybridized carbons (Fsp3) is 0.269. The highest BCUT2D eigenvalue weighted by Crippen LogP contribution is 2.28. The molecule has 0 radical (unpaired) electrons. The van der Waals surface area contributed by atoms with E-state index in [1.165, 1.54) is 24.9 Å². The van der Waals surface area contributed by atoms with E-state index in [9.17, 15) is 4.79 Å². The van der Waals surface area contributed by atoms with E-state index in [-0.39, 0.29) is 11.9 Å². The summed E-state index contributed by atoms with van der Waals surface area (Å²) in [6.07, 6.45) is 3.86. The zero-order valence-electron chi connectivity index (χ0n) is 17.5. The average molecular weight is 400 g/mol. The monoisotopic (exact) mass is 399 g/mol. The Bertz CT molecular complexity index is 963. The topological polar surface area (TPSA) is 44.4 Å². The van der Waals surface area contributed by atoms with Gasteiger partial charge in [-0.2, -0.15) is 0 Å². The molecule has 1 amide bonds. The smallest absolute Gasteiger partial charge is 0.246 e. The summed E-state index contributed by atoms with van der Waals surface area (Å²) in [5.41, 5.74) is 5.14. The predicted octanol–water partition coefficient (Wildman–Crippen LogP) is 5.78. The van der Waals surface area contributed by atoms with Crippen LogP contribution < -0.4 is 15.5 Å². The minimum absolute atomic E-state index is 0.0570. The maximum Gasteiger partial charge on any atom is 0.246 e. The Hall–Kier alpha value is -3.27. The maximum atomic E-state index is 12.8. The van der Waals surface area contributed by atoms with E-state index >= 15 is 0 Å². The van der Waals surface area contributed by atoms with Crippen molar-refractivity contribution in [2.75, 3.05) is 28.6 Å². The first-order valence-electron chi connectivity index (χ1n) is 10.8. The molecule has 154 valence electrons. The van der Waals surface area contributed by atoms with Crippen molar-refractivity contribution in [3.05, 3.63) is 78.9 Å². The summed E-state index contributed by atoms with van der Waals surface area (Å²) in [6.45, 7) is 4.15. The van der Waals surface area contributed by atoms with Crippen LogP contribution >= 0.6 is 0 Å². The lowest BCUT2D eigenvalue weighted by Gasteiger charge is -2.29. The van der Waals surface area contributed by atoms with Crippen LogP contribution in [-0.4, -0.2) is 25.0 Å². The molecule has 1 unspecified atom stereocenters. The quantitative estimate of drug-likeness (QED) is 0.552. The molecule has 1 saturated heterocycles. The molecule has 4 heteroatoms. The molecule has 1 heterocycles. The number of rotatable bonds is 6. The molecule has 1 aliphatic rings. The Labute approximate surface area is 178 Å². The summed E-state index contributed by atoms with van der Waals surface area (Å²) >= 11 is 0. The van der Waals surface area contributed by atoms with Crippen molar-refractivity contribution < 1.29 is 4.79 Å². The number of amides is 1. The number of hydrogen-bond donors (Lipinski definition) is 2. The molecule has 30 heavy (non-hydrogen) atoms. The number of carbonyl (C=O) groups is 1. The third-order valence-corrected chi connectivity index (χ3v) is 5.63. The molecule has 3 aromatic carbocycles. The van der Waals surface area contributed by atoms with Crippen molar-refractivity contribution in [2.45, 2.75) is 32.2 Å². The zero-order valence-corrected chi connectivity index (χ0v) is 17.5. The third-order valence-electron chi connectivity index (χ3n) is 5.63. The lowest BCUT2D eigenvalue weighted by Crippen LogP contribution is -2.32. The lowest BCUT2D eigenvalue weighted by atomic mass is 10.0. The second kappa shape index (κ2) is 9.49. The fourth-order valence-electron chi connectivity index (χ4n) is 3.94. The van der Waals surface area contributed by atoms with Gasteiger partial charge in [-0.3, -0.25) is 4.79 Å². The number of nitrogens with one attached hydrogen (secondary N) is 2. The molecule has 3 aromatic rings. The first-order chi connectivity index (χ1) is 14.7. The minimum Gasteiger partial charge on any atom is -0.374 e. The molecular formula is C26H29N3O. The first-order valence-corrected chi connectivity index (χ1v) is 10.8. The van der Waals surface area contributed by atoms with E-state index < -0.39 is 0 Å². The normalized spacial score (nSPS) is 14.8. The van der Waals surface area contributed by atoms with Gasteiger partial charge in [0.15, 0.2) is 0 Å². The number of piperidine rings is 1. The van der Waals surface area contributed by atoms with Crippen LogP contribution in [0.3, 0.4) is 0 Å². The molecule has 4 nitrogen and oxygen atoms in total.